The molecule has 2 aliphatic rings. The summed E-state index contributed by atoms with van der Waals surface area (Å²) in [5.74, 6) is 1.18. The van der Waals surface area contributed by atoms with E-state index in [0.717, 1.165) is 0 Å². The summed E-state index contributed by atoms with van der Waals surface area (Å²) in [6.45, 7) is 6.93. The summed E-state index contributed by atoms with van der Waals surface area (Å²) in [6.07, 6.45) is 18.1. The van der Waals surface area contributed by atoms with Crippen molar-refractivity contribution in [1.82, 2.24) is 0 Å². The summed E-state index contributed by atoms with van der Waals surface area (Å²) < 4.78 is 0.335. The van der Waals surface area contributed by atoms with Crippen LogP contribution in [0.1, 0.15) is 72.1 Å². The Labute approximate surface area is 139 Å². The third kappa shape index (κ3) is 5.25. The highest BCUT2D eigenvalue weighted by Gasteiger charge is 2.34. The summed E-state index contributed by atoms with van der Waals surface area (Å²) in [5, 5.41) is 0. The lowest BCUT2D eigenvalue weighted by Crippen LogP contribution is -2.22. The molecule has 0 aromatic heterocycles. The van der Waals surface area contributed by atoms with Gasteiger partial charge in [0, 0.05) is 10.5 Å². The number of thioether (sulfide) groups is 2. The van der Waals surface area contributed by atoms with E-state index in [4.69, 9.17) is 0 Å². The molecule has 21 heavy (non-hydrogen) atoms. The molecule has 1 unspecified atom stereocenters. The fourth-order valence-corrected chi connectivity index (χ4v) is 5.43. The van der Waals surface area contributed by atoms with Crippen molar-refractivity contribution in [2.45, 2.75) is 76.9 Å². The predicted molar refractivity (Wildman–Crippen MR) is 101 cm³/mol. The molecular formula is C19H30S2. The van der Waals surface area contributed by atoms with Crippen molar-refractivity contribution >= 4 is 23.5 Å². The second-order valence-corrected chi connectivity index (χ2v) is 9.33. The molecule has 0 aliphatic carbocycles. The first-order valence-corrected chi connectivity index (χ1v) is 10.3. The van der Waals surface area contributed by atoms with Crippen LogP contribution in [0.15, 0.2) is 33.6 Å². The molecule has 118 valence electrons. The van der Waals surface area contributed by atoms with Crippen molar-refractivity contribution in [3.05, 3.63) is 33.6 Å². The third-order valence-corrected chi connectivity index (χ3v) is 7.07. The Hall–Kier alpha value is -0.0800. The van der Waals surface area contributed by atoms with E-state index in [1.54, 1.807) is 10.5 Å². The van der Waals surface area contributed by atoms with Gasteiger partial charge in [0.05, 0.1) is 0 Å². The van der Waals surface area contributed by atoms with Crippen LogP contribution in [0.5, 0.6) is 0 Å². The minimum atomic E-state index is 0.335. The quantitative estimate of drug-likeness (QED) is 0.437. The highest BCUT2D eigenvalue weighted by Crippen LogP contribution is 2.50. The fraction of sp³-hybridized carbons (Fsp3) is 0.684. The normalized spacial score (nSPS) is 25.6. The SMILES string of the molecule is CCCCCCCCC1=CCC(C)(C2=CC=C(C)SC2)S1. The Morgan fingerprint density at radius 1 is 1.10 bits per heavy atom. The number of hydrogen-bond donors (Lipinski definition) is 0. The van der Waals surface area contributed by atoms with Crippen molar-refractivity contribution < 1.29 is 0 Å². The Balaban J connectivity index is 1.72. The number of allylic oxidation sites excluding steroid dienone is 5. The molecule has 1 atom stereocenters. The van der Waals surface area contributed by atoms with Gasteiger partial charge in [-0.1, -0.05) is 57.3 Å². The largest absolute Gasteiger partial charge is 0.126 e. The molecule has 0 aromatic carbocycles. The molecule has 0 aromatic rings. The van der Waals surface area contributed by atoms with Crippen molar-refractivity contribution in [3.8, 4) is 0 Å². The van der Waals surface area contributed by atoms with Gasteiger partial charge in [0.25, 0.3) is 0 Å². The number of unbranched alkanes of at least 4 members (excludes halogenated alkanes) is 5. The second kappa shape index (κ2) is 8.53. The van der Waals surface area contributed by atoms with Crippen LogP contribution in [-0.4, -0.2) is 10.5 Å². The Kier molecular flexibility index (Phi) is 7.01. The zero-order valence-electron chi connectivity index (χ0n) is 13.9. The van der Waals surface area contributed by atoms with Gasteiger partial charge >= 0.3 is 0 Å². The van der Waals surface area contributed by atoms with Gasteiger partial charge in [-0.3, -0.25) is 0 Å². The lowest BCUT2D eigenvalue weighted by Gasteiger charge is -2.29. The van der Waals surface area contributed by atoms with Crippen LogP contribution in [0.4, 0.5) is 0 Å². The Bertz CT molecular complexity index is 431. The molecule has 0 amide bonds. The van der Waals surface area contributed by atoms with Gasteiger partial charge in [-0.25, -0.2) is 0 Å². The second-order valence-electron chi connectivity index (χ2n) is 6.48. The average Bonchev–Trinajstić information content (AvgIpc) is 2.86. The molecule has 2 aliphatic heterocycles. The van der Waals surface area contributed by atoms with Crippen molar-refractivity contribution in [1.29, 1.82) is 0 Å². The molecule has 0 radical (unpaired) electrons. The van der Waals surface area contributed by atoms with Gasteiger partial charge in [0.15, 0.2) is 0 Å². The molecule has 0 saturated heterocycles. The van der Waals surface area contributed by atoms with E-state index in [1.807, 2.05) is 11.8 Å². The van der Waals surface area contributed by atoms with Crippen molar-refractivity contribution in [2.75, 3.05) is 5.75 Å². The molecule has 2 heterocycles. The molecule has 0 spiro atoms. The van der Waals surface area contributed by atoms with E-state index in [1.165, 1.54) is 62.0 Å². The average molecular weight is 323 g/mol. The summed E-state index contributed by atoms with van der Waals surface area (Å²) in [4.78, 5) is 3.09. The zero-order valence-corrected chi connectivity index (χ0v) is 15.5. The van der Waals surface area contributed by atoms with Crippen molar-refractivity contribution in [3.63, 3.8) is 0 Å². The van der Waals surface area contributed by atoms with Gasteiger partial charge in [0.2, 0.25) is 0 Å². The van der Waals surface area contributed by atoms with Crippen LogP contribution in [0.3, 0.4) is 0 Å². The standard InChI is InChI=1S/C19H30S2/c1-4-5-6-7-8-9-10-18-13-14-19(3,21-18)17-12-11-16(2)20-15-17/h11-13H,4-10,14-15H2,1-3H3. The van der Waals surface area contributed by atoms with E-state index in [0.29, 0.717) is 4.75 Å². The van der Waals surface area contributed by atoms with Crippen LogP contribution >= 0.6 is 23.5 Å². The van der Waals surface area contributed by atoms with Gasteiger partial charge in [-0.2, -0.15) is 0 Å². The molecule has 0 bridgehead atoms. The maximum atomic E-state index is 2.51. The highest BCUT2D eigenvalue weighted by atomic mass is 32.2. The molecule has 0 nitrogen and oxygen atoms in total. The molecular weight excluding hydrogens is 292 g/mol. The topological polar surface area (TPSA) is 0 Å². The van der Waals surface area contributed by atoms with Crippen molar-refractivity contribution in [2.24, 2.45) is 0 Å². The van der Waals surface area contributed by atoms with Gasteiger partial charge in [0.1, 0.15) is 0 Å². The molecule has 0 fully saturated rings. The van der Waals surface area contributed by atoms with E-state index in [2.05, 4.69) is 50.8 Å². The smallest absolute Gasteiger partial charge is 0.0429 e. The van der Waals surface area contributed by atoms with Crippen LogP contribution in [0.2, 0.25) is 0 Å². The molecule has 2 heteroatoms. The minimum Gasteiger partial charge on any atom is -0.126 e. The van der Waals surface area contributed by atoms with Crippen LogP contribution < -0.4 is 0 Å². The summed E-state index contributed by atoms with van der Waals surface area (Å²) in [6, 6.07) is 0. The molecule has 2 rings (SSSR count). The Morgan fingerprint density at radius 2 is 1.86 bits per heavy atom. The lowest BCUT2D eigenvalue weighted by molar-refractivity contribution is 0.610. The summed E-state index contributed by atoms with van der Waals surface area (Å²) in [5.41, 5.74) is 1.62. The first kappa shape index (κ1) is 17.3. The predicted octanol–water partition coefficient (Wildman–Crippen LogP) is 7.09. The van der Waals surface area contributed by atoms with Gasteiger partial charge in [-0.15, -0.1) is 23.5 Å². The molecule has 0 saturated carbocycles. The van der Waals surface area contributed by atoms with Gasteiger partial charge < -0.3 is 0 Å². The minimum absolute atomic E-state index is 0.335. The highest BCUT2D eigenvalue weighted by molar-refractivity contribution is 8.05. The van der Waals surface area contributed by atoms with Crippen LogP contribution in [0, 0.1) is 0 Å². The number of rotatable bonds is 8. The first-order valence-electron chi connectivity index (χ1n) is 8.53. The molecule has 0 N–H and O–H groups in total. The monoisotopic (exact) mass is 322 g/mol. The summed E-state index contributed by atoms with van der Waals surface area (Å²) >= 11 is 4.14. The Morgan fingerprint density at radius 3 is 2.57 bits per heavy atom. The third-order valence-electron chi connectivity index (χ3n) is 4.51. The number of hydrogen-bond acceptors (Lipinski definition) is 2. The lowest BCUT2D eigenvalue weighted by atomic mass is 9.97. The zero-order chi connectivity index (χ0) is 15.1. The maximum absolute atomic E-state index is 2.51. The fourth-order valence-electron chi connectivity index (χ4n) is 2.95. The van der Waals surface area contributed by atoms with E-state index < -0.39 is 0 Å². The van der Waals surface area contributed by atoms with E-state index in [-0.39, 0.29) is 0 Å². The van der Waals surface area contributed by atoms with Crippen LogP contribution in [0.25, 0.3) is 0 Å². The van der Waals surface area contributed by atoms with E-state index >= 15 is 0 Å². The first-order chi connectivity index (χ1) is 10.1. The maximum Gasteiger partial charge on any atom is 0.0429 e. The summed E-state index contributed by atoms with van der Waals surface area (Å²) in [7, 11) is 0. The van der Waals surface area contributed by atoms with Gasteiger partial charge in [-0.05, 0) is 48.5 Å². The van der Waals surface area contributed by atoms with Crippen LogP contribution in [-0.2, 0) is 0 Å². The van der Waals surface area contributed by atoms with E-state index in [9.17, 15) is 0 Å².